The quantitative estimate of drug-likeness (QED) is 0.352. The monoisotopic (exact) mass is 508 g/mol. The molecule has 38 heavy (non-hydrogen) atoms. The highest BCUT2D eigenvalue weighted by molar-refractivity contribution is 6.11. The van der Waals surface area contributed by atoms with Crippen molar-refractivity contribution in [1.82, 2.24) is 0 Å². The van der Waals surface area contributed by atoms with Gasteiger partial charge in [-0.15, -0.1) is 0 Å². The third kappa shape index (κ3) is 3.96. The molecule has 0 amide bonds. The molecule has 5 rings (SSSR count). The van der Waals surface area contributed by atoms with Crippen molar-refractivity contribution < 1.29 is 4.79 Å². The Balaban J connectivity index is 1.44. The first-order chi connectivity index (χ1) is 18.0. The molecule has 0 aromatic heterocycles. The summed E-state index contributed by atoms with van der Waals surface area (Å²) in [5.41, 5.74) is 22.4. The van der Waals surface area contributed by atoms with Crippen molar-refractivity contribution in [1.29, 1.82) is 0 Å². The average molecular weight is 509 g/mol. The van der Waals surface area contributed by atoms with E-state index in [0.717, 1.165) is 48.5 Å². The Labute approximate surface area is 227 Å². The maximum Gasteiger partial charge on any atom is 0.185 e. The summed E-state index contributed by atoms with van der Waals surface area (Å²) in [6.07, 6.45) is 9.91. The van der Waals surface area contributed by atoms with Crippen LogP contribution in [0.4, 0.5) is 22.7 Å². The Kier molecular flexibility index (Phi) is 6.29. The van der Waals surface area contributed by atoms with E-state index in [9.17, 15) is 4.79 Å². The number of ketones is 1. The van der Waals surface area contributed by atoms with Crippen LogP contribution < -0.4 is 21.3 Å². The number of fused-ring (bicyclic) bond motifs is 2. The molecule has 0 bridgehead atoms. The molecule has 2 aromatic carbocycles. The van der Waals surface area contributed by atoms with E-state index in [4.69, 9.17) is 11.5 Å². The van der Waals surface area contributed by atoms with Crippen LogP contribution in [0.1, 0.15) is 65.5 Å². The standard InChI is InChI=1S/C33H40N4O/c1-7-36-27-15-13-23(34)19-25(27)32(3,4)29(36)17-11-21-9-10-22(31(21)38)12-18-30-33(5,6)26-20-24(35)14-16-28(26)37(30)8-2/h11-20H,7-10,34-35H2,1-6H3/b21-11+,22-12+,29-17+,30-18+. The van der Waals surface area contributed by atoms with Gasteiger partial charge in [-0.3, -0.25) is 4.79 Å². The number of nitrogen functional groups attached to an aromatic ring is 2. The molecule has 1 saturated carbocycles. The number of nitrogens with two attached hydrogens (primary N) is 2. The number of hydrogen-bond donors (Lipinski definition) is 2. The van der Waals surface area contributed by atoms with E-state index >= 15 is 0 Å². The van der Waals surface area contributed by atoms with Crippen LogP contribution in [-0.2, 0) is 15.6 Å². The van der Waals surface area contributed by atoms with E-state index in [0.29, 0.717) is 0 Å². The number of allylic oxidation sites excluding steroid dienone is 8. The van der Waals surface area contributed by atoms with Crippen LogP contribution in [0.25, 0.3) is 0 Å². The van der Waals surface area contributed by atoms with Crippen LogP contribution in [-0.4, -0.2) is 18.9 Å². The number of hydrogen-bond acceptors (Lipinski definition) is 5. The Morgan fingerprint density at radius 3 is 1.47 bits per heavy atom. The van der Waals surface area contributed by atoms with Crippen molar-refractivity contribution >= 4 is 28.5 Å². The fourth-order valence-electron chi connectivity index (χ4n) is 6.45. The third-order valence-corrected chi connectivity index (χ3v) is 8.60. The molecule has 3 aliphatic rings. The normalized spacial score (nSPS) is 23.8. The summed E-state index contributed by atoms with van der Waals surface area (Å²) in [5, 5.41) is 0. The van der Waals surface area contributed by atoms with E-state index in [2.05, 4.69) is 87.8 Å². The average Bonchev–Trinajstić information content (AvgIpc) is 3.41. The van der Waals surface area contributed by atoms with Crippen LogP contribution in [0, 0.1) is 0 Å². The number of carbonyl (C=O) groups is 1. The highest BCUT2D eigenvalue weighted by Gasteiger charge is 2.40. The van der Waals surface area contributed by atoms with Gasteiger partial charge in [0.1, 0.15) is 0 Å². The van der Waals surface area contributed by atoms with Gasteiger partial charge in [0, 0.05) is 69.2 Å². The smallest absolute Gasteiger partial charge is 0.185 e. The highest BCUT2D eigenvalue weighted by Crippen LogP contribution is 2.49. The number of likely N-dealkylation sites (N-methyl/N-ethyl adjacent to an activating group) is 2. The number of rotatable bonds is 4. The van der Waals surface area contributed by atoms with Crippen LogP contribution in [0.5, 0.6) is 0 Å². The first-order valence-electron chi connectivity index (χ1n) is 13.7. The van der Waals surface area contributed by atoms with Gasteiger partial charge in [-0.2, -0.15) is 0 Å². The van der Waals surface area contributed by atoms with Gasteiger partial charge in [0.15, 0.2) is 5.78 Å². The lowest BCUT2D eigenvalue weighted by Crippen LogP contribution is -2.25. The van der Waals surface area contributed by atoms with E-state index in [1.54, 1.807) is 0 Å². The zero-order valence-electron chi connectivity index (χ0n) is 23.6. The van der Waals surface area contributed by atoms with E-state index < -0.39 is 0 Å². The second-order valence-electron chi connectivity index (χ2n) is 11.6. The molecule has 0 atom stereocenters. The van der Waals surface area contributed by atoms with Gasteiger partial charge in [-0.05, 0) is 86.4 Å². The summed E-state index contributed by atoms with van der Waals surface area (Å²) in [4.78, 5) is 18.1. The lowest BCUT2D eigenvalue weighted by atomic mass is 9.83. The van der Waals surface area contributed by atoms with Crippen molar-refractivity contribution in [3.63, 3.8) is 0 Å². The number of anilines is 4. The molecule has 5 nitrogen and oxygen atoms in total. The minimum Gasteiger partial charge on any atom is -0.399 e. The molecule has 0 spiro atoms. The molecule has 2 heterocycles. The van der Waals surface area contributed by atoms with Gasteiger partial charge in [0.2, 0.25) is 0 Å². The van der Waals surface area contributed by atoms with Crippen LogP contribution in [0.3, 0.4) is 0 Å². The summed E-state index contributed by atoms with van der Waals surface area (Å²) in [6.45, 7) is 15.0. The molecule has 0 radical (unpaired) electrons. The summed E-state index contributed by atoms with van der Waals surface area (Å²) in [7, 11) is 0. The van der Waals surface area contributed by atoms with Crippen molar-refractivity contribution in [2.45, 2.75) is 65.2 Å². The topological polar surface area (TPSA) is 75.6 Å². The fraction of sp³-hybridized carbons (Fsp3) is 0.364. The molecule has 0 saturated heterocycles. The molecule has 4 N–H and O–H groups in total. The first kappa shape index (κ1) is 25.9. The largest absolute Gasteiger partial charge is 0.399 e. The lowest BCUT2D eigenvalue weighted by Gasteiger charge is -2.26. The summed E-state index contributed by atoms with van der Waals surface area (Å²) >= 11 is 0. The number of carbonyl (C=O) groups excluding carboxylic acids is 1. The first-order valence-corrected chi connectivity index (χ1v) is 13.7. The summed E-state index contributed by atoms with van der Waals surface area (Å²) in [5.74, 6) is 0.153. The number of nitrogens with zero attached hydrogens (tertiary/aromatic N) is 2. The van der Waals surface area contributed by atoms with Crippen molar-refractivity contribution in [2.75, 3.05) is 34.4 Å². The highest BCUT2D eigenvalue weighted by atomic mass is 16.1. The zero-order valence-corrected chi connectivity index (χ0v) is 23.6. The minimum absolute atomic E-state index is 0.153. The van der Waals surface area contributed by atoms with Gasteiger partial charge in [0.05, 0.1) is 0 Å². The summed E-state index contributed by atoms with van der Waals surface area (Å²) in [6, 6.07) is 12.3. The maximum absolute atomic E-state index is 13.4. The molecule has 2 aromatic rings. The lowest BCUT2D eigenvalue weighted by molar-refractivity contribution is -0.111. The molecule has 0 unspecified atom stereocenters. The van der Waals surface area contributed by atoms with Crippen molar-refractivity contribution in [2.24, 2.45) is 0 Å². The second kappa shape index (κ2) is 9.23. The molecule has 5 heteroatoms. The number of benzene rings is 2. The van der Waals surface area contributed by atoms with Crippen LogP contribution >= 0.6 is 0 Å². The fourth-order valence-corrected chi connectivity index (χ4v) is 6.45. The molecular formula is C33H40N4O. The molecular weight excluding hydrogens is 468 g/mol. The predicted octanol–water partition coefficient (Wildman–Crippen LogP) is 6.77. The van der Waals surface area contributed by atoms with Crippen molar-refractivity contribution in [3.8, 4) is 0 Å². The number of Topliss-reactive ketones (excluding diaryl/α,β-unsaturated/α-hetero) is 1. The van der Waals surface area contributed by atoms with E-state index in [1.165, 1.54) is 33.9 Å². The van der Waals surface area contributed by atoms with Crippen LogP contribution in [0.2, 0.25) is 0 Å². The zero-order chi connectivity index (χ0) is 27.4. The van der Waals surface area contributed by atoms with Gasteiger partial charge >= 0.3 is 0 Å². The predicted molar refractivity (Wildman–Crippen MR) is 160 cm³/mol. The van der Waals surface area contributed by atoms with Gasteiger partial charge < -0.3 is 21.3 Å². The molecule has 198 valence electrons. The Bertz CT molecular complexity index is 1330. The van der Waals surface area contributed by atoms with Gasteiger partial charge in [0.25, 0.3) is 0 Å². The maximum atomic E-state index is 13.4. The molecule has 1 aliphatic carbocycles. The Morgan fingerprint density at radius 2 is 1.11 bits per heavy atom. The molecule has 2 aliphatic heterocycles. The van der Waals surface area contributed by atoms with Crippen molar-refractivity contribution in [3.05, 3.63) is 94.4 Å². The SMILES string of the molecule is CCN1/C(=C/C=C2\CC/C(=C\C=C3\N(CC)c4ccc(N)cc4C3(C)C)C2=O)C(C)(C)c2cc(N)ccc21. The third-order valence-electron chi connectivity index (χ3n) is 8.60. The second-order valence-corrected chi connectivity index (χ2v) is 11.6. The van der Waals surface area contributed by atoms with Crippen LogP contribution in [0.15, 0.2) is 83.2 Å². The van der Waals surface area contributed by atoms with Gasteiger partial charge in [-0.25, -0.2) is 0 Å². The summed E-state index contributed by atoms with van der Waals surface area (Å²) < 4.78 is 0. The van der Waals surface area contributed by atoms with E-state index in [-0.39, 0.29) is 16.6 Å². The van der Waals surface area contributed by atoms with E-state index in [1.807, 2.05) is 24.3 Å². The van der Waals surface area contributed by atoms with Gasteiger partial charge in [-0.1, -0.05) is 39.8 Å². The Hall–Kier alpha value is -3.73. The minimum atomic E-state index is -0.182. The Morgan fingerprint density at radius 1 is 0.711 bits per heavy atom. The molecule has 1 fully saturated rings.